The first-order chi connectivity index (χ1) is 12.8. The molecule has 1 aromatic carbocycles. The lowest BCUT2D eigenvalue weighted by Crippen LogP contribution is -2.20. The number of nitrogens with one attached hydrogen (secondary N) is 1. The summed E-state index contributed by atoms with van der Waals surface area (Å²) in [6.07, 6.45) is 3.17. The highest BCUT2D eigenvalue weighted by Gasteiger charge is 2.12. The number of aromatic nitrogens is 2. The van der Waals surface area contributed by atoms with E-state index >= 15 is 0 Å². The molecule has 0 fully saturated rings. The largest absolute Gasteiger partial charge is 0.493 e. The van der Waals surface area contributed by atoms with Gasteiger partial charge in [-0.05, 0) is 36.6 Å². The average Bonchev–Trinajstić information content (AvgIpc) is 2.90. The molecule has 2 aromatic rings. The number of benzene rings is 1. The van der Waals surface area contributed by atoms with Gasteiger partial charge in [0.05, 0.1) is 19.9 Å². The van der Waals surface area contributed by atoms with E-state index in [4.69, 9.17) is 21.1 Å². The van der Waals surface area contributed by atoms with E-state index in [2.05, 4.69) is 24.3 Å². The molecular formula is C20H26ClN3O3. The van der Waals surface area contributed by atoms with Gasteiger partial charge >= 0.3 is 0 Å². The number of halogens is 1. The molecule has 0 aliphatic heterocycles. The van der Waals surface area contributed by atoms with Crippen molar-refractivity contribution >= 4 is 23.6 Å². The molecule has 7 heteroatoms. The SMILES string of the molecule is COc1ccc(CNC(=O)/C=C/c2c(C)nn(CC(C)C)c2Cl)cc1OC. The van der Waals surface area contributed by atoms with Crippen molar-refractivity contribution in [1.29, 1.82) is 0 Å². The van der Waals surface area contributed by atoms with Gasteiger partial charge in [-0.1, -0.05) is 31.5 Å². The molecule has 1 N–H and O–H groups in total. The van der Waals surface area contributed by atoms with Crippen LogP contribution in [-0.4, -0.2) is 29.9 Å². The Morgan fingerprint density at radius 1 is 1.30 bits per heavy atom. The van der Waals surface area contributed by atoms with Crippen LogP contribution in [0.3, 0.4) is 0 Å². The van der Waals surface area contributed by atoms with E-state index in [9.17, 15) is 4.79 Å². The van der Waals surface area contributed by atoms with Crippen molar-refractivity contribution < 1.29 is 14.3 Å². The van der Waals surface area contributed by atoms with Gasteiger partial charge in [-0.3, -0.25) is 9.48 Å². The van der Waals surface area contributed by atoms with E-state index in [0.29, 0.717) is 29.1 Å². The predicted molar refractivity (Wildman–Crippen MR) is 107 cm³/mol. The van der Waals surface area contributed by atoms with Gasteiger partial charge in [0.1, 0.15) is 5.15 Å². The van der Waals surface area contributed by atoms with Crippen molar-refractivity contribution in [2.45, 2.75) is 33.9 Å². The Hall–Kier alpha value is -2.47. The van der Waals surface area contributed by atoms with Gasteiger partial charge in [-0.2, -0.15) is 5.10 Å². The van der Waals surface area contributed by atoms with Gasteiger partial charge in [0.15, 0.2) is 11.5 Å². The van der Waals surface area contributed by atoms with E-state index in [1.54, 1.807) is 25.0 Å². The van der Waals surface area contributed by atoms with Crippen LogP contribution in [0.2, 0.25) is 5.15 Å². The minimum Gasteiger partial charge on any atom is -0.493 e. The lowest BCUT2D eigenvalue weighted by molar-refractivity contribution is -0.116. The summed E-state index contributed by atoms with van der Waals surface area (Å²) in [5.41, 5.74) is 2.47. The summed E-state index contributed by atoms with van der Waals surface area (Å²) in [7, 11) is 3.16. The zero-order valence-electron chi connectivity index (χ0n) is 16.4. The first-order valence-electron chi connectivity index (χ1n) is 8.75. The van der Waals surface area contributed by atoms with Crippen LogP contribution in [0.5, 0.6) is 11.5 Å². The van der Waals surface area contributed by atoms with Crippen LogP contribution in [0.4, 0.5) is 0 Å². The molecule has 0 aliphatic rings. The van der Waals surface area contributed by atoms with Crippen molar-refractivity contribution in [3.8, 4) is 11.5 Å². The van der Waals surface area contributed by atoms with Crippen LogP contribution in [-0.2, 0) is 17.9 Å². The molecule has 0 saturated carbocycles. The summed E-state index contributed by atoms with van der Waals surface area (Å²) in [6.45, 7) is 7.20. The molecule has 0 aliphatic carbocycles. The molecule has 27 heavy (non-hydrogen) atoms. The van der Waals surface area contributed by atoms with Crippen LogP contribution < -0.4 is 14.8 Å². The normalized spacial score (nSPS) is 11.2. The third kappa shape index (κ3) is 5.50. The number of nitrogens with zero attached hydrogens (tertiary/aromatic N) is 2. The molecule has 0 unspecified atom stereocenters. The highest BCUT2D eigenvalue weighted by Crippen LogP contribution is 2.27. The molecule has 0 spiro atoms. The fourth-order valence-corrected chi connectivity index (χ4v) is 2.93. The summed E-state index contributed by atoms with van der Waals surface area (Å²) in [4.78, 5) is 12.2. The molecular weight excluding hydrogens is 366 g/mol. The van der Waals surface area contributed by atoms with Gasteiger partial charge in [-0.25, -0.2) is 0 Å². The Morgan fingerprint density at radius 3 is 2.63 bits per heavy atom. The monoisotopic (exact) mass is 391 g/mol. The fraction of sp³-hybridized carbons (Fsp3) is 0.400. The third-order valence-corrected chi connectivity index (χ3v) is 4.36. The van der Waals surface area contributed by atoms with Crippen LogP contribution >= 0.6 is 11.6 Å². The zero-order valence-corrected chi connectivity index (χ0v) is 17.1. The highest BCUT2D eigenvalue weighted by molar-refractivity contribution is 6.31. The molecule has 0 atom stereocenters. The number of methoxy groups -OCH3 is 2. The number of carbonyl (C=O) groups is 1. The van der Waals surface area contributed by atoms with Crippen molar-refractivity contribution in [1.82, 2.24) is 15.1 Å². The van der Waals surface area contributed by atoms with Gasteiger partial charge in [-0.15, -0.1) is 0 Å². The number of carbonyl (C=O) groups excluding carboxylic acids is 1. The lowest BCUT2D eigenvalue weighted by Gasteiger charge is -2.09. The summed E-state index contributed by atoms with van der Waals surface area (Å²) in [5, 5.41) is 7.82. The molecule has 1 aromatic heterocycles. The van der Waals surface area contributed by atoms with Crippen LogP contribution in [0.15, 0.2) is 24.3 Å². The topological polar surface area (TPSA) is 65.4 Å². The summed E-state index contributed by atoms with van der Waals surface area (Å²) >= 11 is 6.38. The molecule has 1 amide bonds. The molecule has 0 radical (unpaired) electrons. The fourth-order valence-electron chi connectivity index (χ4n) is 2.62. The summed E-state index contributed by atoms with van der Waals surface area (Å²) in [5.74, 6) is 1.50. The van der Waals surface area contributed by atoms with E-state index in [1.807, 2.05) is 25.1 Å². The second kappa shape index (κ2) is 9.46. The maximum Gasteiger partial charge on any atom is 0.244 e. The molecule has 146 valence electrons. The number of hydrogen-bond donors (Lipinski definition) is 1. The van der Waals surface area contributed by atoms with E-state index < -0.39 is 0 Å². The van der Waals surface area contributed by atoms with Gasteiger partial charge < -0.3 is 14.8 Å². The Balaban J connectivity index is 2.01. The third-order valence-electron chi connectivity index (χ3n) is 3.96. The van der Waals surface area contributed by atoms with Crippen molar-refractivity contribution in [3.63, 3.8) is 0 Å². The molecule has 6 nitrogen and oxygen atoms in total. The number of rotatable bonds is 8. The van der Waals surface area contributed by atoms with E-state index in [-0.39, 0.29) is 5.91 Å². The van der Waals surface area contributed by atoms with Crippen LogP contribution in [0.1, 0.15) is 30.7 Å². The molecule has 0 saturated heterocycles. The Morgan fingerprint density at radius 2 is 2.00 bits per heavy atom. The zero-order chi connectivity index (χ0) is 20.0. The average molecular weight is 392 g/mol. The minimum atomic E-state index is -0.211. The number of amides is 1. The predicted octanol–water partition coefficient (Wildman–Crippen LogP) is 3.85. The van der Waals surface area contributed by atoms with Crippen LogP contribution in [0.25, 0.3) is 6.08 Å². The Kier molecular flexibility index (Phi) is 7.30. The van der Waals surface area contributed by atoms with Gasteiger partial charge in [0.2, 0.25) is 5.91 Å². The molecule has 2 rings (SSSR count). The highest BCUT2D eigenvalue weighted by atomic mass is 35.5. The number of hydrogen-bond acceptors (Lipinski definition) is 4. The standard InChI is InChI=1S/C20H26ClN3O3/c1-13(2)12-24-20(21)16(14(3)23-24)7-9-19(25)22-11-15-6-8-17(26-4)18(10-15)27-5/h6-10,13H,11-12H2,1-5H3,(H,22,25)/b9-7+. The Labute approximate surface area is 165 Å². The second-order valence-corrected chi connectivity index (χ2v) is 6.96. The van der Waals surface area contributed by atoms with Crippen molar-refractivity contribution in [2.24, 2.45) is 5.92 Å². The molecule has 0 bridgehead atoms. The summed E-state index contributed by atoms with van der Waals surface area (Å²) in [6, 6.07) is 5.52. The number of ether oxygens (including phenoxy) is 2. The maximum absolute atomic E-state index is 12.2. The van der Waals surface area contributed by atoms with Gasteiger partial charge in [0, 0.05) is 24.7 Å². The van der Waals surface area contributed by atoms with Crippen LogP contribution in [0, 0.1) is 12.8 Å². The van der Waals surface area contributed by atoms with Gasteiger partial charge in [0.25, 0.3) is 0 Å². The molecule has 1 heterocycles. The first-order valence-corrected chi connectivity index (χ1v) is 9.13. The smallest absolute Gasteiger partial charge is 0.244 e. The van der Waals surface area contributed by atoms with E-state index in [0.717, 1.165) is 23.4 Å². The number of aryl methyl sites for hydroxylation is 1. The van der Waals surface area contributed by atoms with Crippen molar-refractivity contribution in [2.75, 3.05) is 14.2 Å². The lowest BCUT2D eigenvalue weighted by atomic mass is 10.2. The maximum atomic E-state index is 12.2. The minimum absolute atomic E-state index is 0.211. The second-order valence-electron chi connectivity index (χ2n) is 6.61. The first kappa shape index (κ1) is 20.8. The van der Waals surface area contributed by atoms with Crippen molar-refractivity contribution in [3.05, 3.63) is 46.2 Å². The summed E-state index contributed by atoms with van der Waals surface area (Å²) < 4.78 is 12.2. The quantitative estimate of drug-likeness (QED) is 0.694. The van der Waals surface area contributed by atoms with E-state index in [1.165, 1.54) is 6.08 Å². The Bertz CT molecular complexity index is 828.